The van der Waals surface area contributed by atoms with E-state index in [1.165, 1.54) is 0 Å². The van der Waals surface area contributed by atoms with E-state index in [1.807, 2.05) is 18.2 Å². The third-order valence-corrected chi connectivity index (χ3v) is 1.78. The Bertz CT molecular complexity index is 324. The van der Waals surface area contributed by atoms with Crippen LogP contribution in [0.4, 0.5) is 0 Å². The van der Waals surface area contributed by atoms with Crippen molar-refractivity contribution in [1.29, 1.82) is 5.26 Å². The summed E-state index contributed by atoms with van der Waals surface area (Å²) in [5, 5.41) is 8.28. The largest absolute Gasteiger partial charge is 0.479 e. The minimum absolute atomic E-state index is 0.0632. The highest BCUT2D eigenvalue weighted by molar-refractivity contribution is 5.50. The summed E-state index contributed by atoms with van der Waals surface area (Å²) in [4.78, 5) is 10.1. The van der Waals surface area contributed by atoms with Crippen molar-refractivity contribution in [2.45, 2.75) is 12.8 Å². The van der Waals surface area contributed by atoms with Crippen molar-refractivity contribution < 1.29 is 9.53 Å². The number of hydrogen-bond donors (Lipinski definition) is 0. The van der Waals surface area contributed by atoms with Gasteiger partial charge in [0.05, 0.1) is 0 Å². The van der Waals surface area contributed by atoms with Gasteiger partial charge in [0, 0.05) is 6.42 Å². The van der Waals surface area contributed by atoms with Crippen LogP contribution in [0, 0.1) is 11.3 Å². The van der Waals surface area contributed by atoms with E-state index >= 15 is 0 Å². The zero-order valence-electron chi connectivity index (χ0n) is 7.77. The molecule has 0 amide bonds. The van der Waals surface area contributed by atoms with Crippen molar-refractivity contribution in [2.75, 3.05) is 6.61 Å². The van der Waals surface area contributed by atoms with Gasteiger partial charge in [0.1, 0.15) is 18.1 Å². The number of rotatable bonds is 5. The van der Waals surface area contributed by atoms with E-state index in [1.54, 1.807) is 12.1 Å². The average Bonchev–Trinajstić information content (AvgIpc) is 2.25. The Labute approximate surface area is 82.9 Å². The number of ether oxygens (including phenoxy) is 1. The highest BCUT2D eigenvalue weighted by Gasteiger charge is 1.94. The van der Waals surface area contributed by atoms with Crippen molar-refractivity contribution in [3.63, 3.8) is 0 Å². The maximum absolute atomic E-state index is 10.1. The van der Waals surface area contributed by atoms with Crippen molar-refractivity contribution in [2.24, 2.45) is 0 Å². The van der Waals surface area contributed by atoms with Crippen LogP contribution in [0.5, 0.6) is 5.75 Å². The normalized spacial score (nSPS) is 9.07. The van der Waals surface area contributed by atoms with Crippen LogP contribution in [-0.2, 0) is 11.2 Å². The zero-order chi connectivity index (χ0) is 10.2. The van der Waals surface area contributed by atoms with Crippen molar-refractivity contribution >= 4 is 6.29 Å². The molecule has 0 aliphatic carbocycles. The molecule has 0 saturated carbocycles. The molecule has 0 saturated heterocycles. The molecule has 0 aliphatic rings. The number of benzene rings is 1. The van der Waals surface area contributed by atoms with E-state index in [9.17, 15) is 4.79 Å². The number of hydrogen-bond acceptors (Lipinski definition) is 3. The first-order valence-corrected chi connectivity index (χ1v) is 4.39. The molecule has 0 aliphatic heterocycles. The molecular formula is C11H11NO2. The van der Waals surface area contributed by atoms with Crippen molar-refractivity contribution in [3.05, 3.63) is 29.8 Å². The Morgan fingerprint density at radius 1 is 1.36 bits per heavy atom. The summed E-state index contributed by atoms with van der Waals surface area (Å²) < 4.78 is 5.08. The number of aldehydes is 1. The van der Waals surface area contributed by atoms with Crippen molar-refractivity contribution in [1.82, 2.24) is 0 Å². The van der Waals surface area contributed by atoms with Gasteiger partial charge in [0.2, 0.25) is 0 Å². The molecule has 0 N–H and O–H groups in total. The molecule has 1 aromatic carbocycles. The van der Waals surface area contributed by atoms with E-state index < -0.39 is 0 Å². The molecule has 72 valence electrons. The second-order valence-corrected chi connectivity index (χ2v) is 2.80. The Balaban J connectivity index is 2.51. The van der Waals surface area contributed by atoms with Gasteiger partial charge in [-0.15, -0.1) is 0 Å². The van der Waals surface area contributed by atoms with Crippen molar-refractivity contribution in [3.8, 4) is 11.8 Å². The Morgan fingerprint density at radius 2 is 2.07 bits per heavy atom. The summed E-state index contributed by atoms with van der Waals surface area (Å²) in [6.45, 7) is 0.0632. The van der Waals surface area contributed by atoms with Gasteiger partial charge in [0.25, 0.3) is 0 Å². The molecule has 0 radical (unpaired) electrons. The molecular weight excluding hydrogens is 178 g/mol. The Kier molecular flexibility index (Phi) is 4.22. The lowest BCUT2D eigenvalue weighted by atomic mass is 10.1. The lowest BCUT2D eigenvalue weighted by Crippen LogP contribution is -1.93. The fourth-order valence-electron chi connectivity index (χ4n) is 1.09. The van der Waals surface area contributed by atoms with Gasteiger partial charge in [-0.2, -0.15) is 5.26 Å². The van der Waals surface area contributed by atoms with Crippen LogP contribution in [0.25, 0.3) is 0 Å². The topological polar surface area (TPSA) is 50.1 Å². The molecule has 0 heterocycles. The minimum Gasteiger partial charge on any atom is -0.479 e. The molecule has 14 heavy (non-hydrogen) atoms. The van der Waals surface area contributed by atoms with Gasteiger partial charge in [-0.25, -0.2) is 0 Å². The van der Waals surface area contributed by atoms with E-state index in [0.717, 1.165) is 18.3 Å². The first-order valence-electron chi connectivity index (χ1n) is 4.39. The van der Waals surface area contributed by atoms with Gasteiger partial charge in [-0.1, -0.05) is 12.1 Å². The zero-order valence-corrected chi connectivity index (χ0v) is 7.77. The molecule has 1 rings (SSSR count). The Hall–Kier alpha value is -1.82. The molecule has 0 spiro atoms. The fraction of sp³-hybridized carbons (Fsp3) is 0.273. The third-order valence-electron chi connectivity index (χ3n) is 1.78. The molecule has 1 aromatic rings. The van der Waals surface area contributed by atoms with Gasteiger partial charge in [-0.3, -0.25) is 0 Å². The van der Waals surface area contributed by atoms with Gasteiger partial charge < -0.3 is 9.53 Å². The summed E-state index contributed by atoms with van der Waals surface area (Å²) in [6, 6.07) is 9.30. The first kappa shape index (κ1) is 10.3. The summed E-state index contributed by atoms with van der Waals surface area (Å²) in [7, 11) is 0. The van der Waals surface area contributed by atoms with Gasteiger partial charge in [-0.05, 0) is 24.1 Å². The van der Waals surface area contributed by atoms with Gasteiger partial charge >= 0.3 is 0 Å². The van der Waals surface area contributed by atoms with Crippen LogP contribution in [0.15, 0.2) is 24.3 Å². The molecule has 0 fully saturated rings. The molecule has 0 atom stereocenters. The summed E-state index contributed by atoms with van der Waals surface area (Å²) >= 11 is 0. The fourth-order valence-corrected chi connectivity index (χ4v) is 1.09. The molecule has 3 heteroatoms. The predicted molar refractivity (Wildman–Crippen MR) is 51.9 cm³/mol. The van der Waals surface area contributed by atoms with Crippen LogP contribution < -0.4 is 4.74 Å². The summed E-state index contributed by atoms with van der Waals surface area (Å²) in [6.07, 6.45) is 2.19. The van der Waals surface area contributed by atoms with E-state index in [-0.39, 0.29) is 6.61 Å². The van der Waals surface area contributed by atoms with Crippen LogP contribution in [-0.4, -0.2) is 12.9 Å². The SMILES string of the molecule is N#CCOc1ccc(CCC=O)cc1. The number of nitrogens with zero attached hydrogens (tertiary/aromatic N) is 1. The Morgan fingerprint density at radius 3 is 2.64 bits per heavy atom. The highest BCUT2D eigenvalue weighted by Crippen LogP contribution is 2.12. The molecule has 0 unspecified atom stereocenters. The second kappa shape index (κ2) is 5.76. The van der Waals surface area contributed by atoms with Crippen LogP contribution in [0.3, 0.4) is 0 Å². The summed E-state index contributed by atoms with van der Waals surface area (Å²) in [5.74, 6) is 0.682. The average molecular weight is 189 g/mol. The maximum Gasteiger partial charge on any atom is 0.174 e. The predicted octanol–water partition coefficient (Wildman–Crippen LogP) is 1.72. The number of aryl methyl sites for hydroxylation is 1. The van der Waals surface area contributed by atoms with E-state index in [2.05, 4.69) is 0 Å². The number of carbonyl (C=O) groups is 1. The monoisotopic (exact) mass is 189 g/mol. The third kappa shape index (κ3) is 3.28. The molecule has 0 bridgehead atoms. The lowest BCUT2D eigenvalue weighted by molar-refractivity contribution is -0.107. The lowest BCUT2D eigenvalue weighted by Gasteiger charge is -2.02. The second-order valence-electron chi connectivity index (χ2n) is 2.80. The van der Waals surface area contributed by atoms with E-state index in [4.69, 9.17) is 10.00 Å². The maximum atomic E-state index is 10.1. The van der Waals surface area contributed by atoms with Crippen LogP contribution in [0.2, 0.25) is 0 Å². The van der Waals surface area contributed by atoms with Crippen LogP contribution in [0.1, 0.15) is 12.0 Å². The summed E-state index contributed by atoms with van der Waals surface area (Å²) in [5.41, 5.74) is 1.10. The number of carbonyl (C=O) groups excluding carboxylic acids is 1. The molecule has 3 nitrogen and oxygen atoms in total. The van der Waals surface area contributed by atoms with Gasteiger partial charge in [0.15, 0.2) is 6.61 Å². The first-order chi connectivity index (χ1) is 6.86. The smallest absolute Gasteiger partial charge is 0.174 e. The van der Waals surface area contributed by atoms with Crippen LogP contribution >= 0.6 is 0 Å². The molecule has 0 aromatic heterocycles. The standard InChI is InChI=1S/C11H11NO2/c12-7-9-14-11-5-3-10(4-6-11)2-1-8-13/h3-6,8H,1-2,9H2. The number of nitriles is 1. The quantitative estimate of drug-likeness (QED) is 0.662. The minimum atomic E-state index is 0.0632. The van der Waals surface area contributed by atoms with E-state index in [0.29, 0.717) is 12.2 Å². The highest BCUT2D eigenvalue weighted by atomic mass is 16.5.